The van der Waals surface area contributed by atoms with E-state index in [1.54, 1.807) is 45.5 Å². The summed E-state index contributed by atoms with van der Waals surface area (Å²) in [6.45, 7) is 0. The van der Waals surface area contributed by atoms with Gasteiger partial charge in [0.15, 0.2) is 17.3 Å². The van der Waals surface area contributed by atoms with E-state index in [2.05, 4.69) is 20.6 Å². The molecule has 2 N–H and O–H groups in total. The molecule has 180 valence electrons. The molecule has 34 heavy (non-hydrogen) atoms. The number of amides is 2. The van der Waals surface area contributed by atoms with Crippen LogP contribution in [0, 0.1) is 5.82 Å². The fourth-order valence-corrected chi connectivity index (χ4v) is 4.13. The molecule has 1 fully saturated rings. The average molecular weight is 488 g/mol. The van der Waals surface area contributed by atoms with Gasteiger partial charge in [0.25, 0.3) is 0 Å². The van der Waals surface area contributed by atoms with Crippen LogP contribution >= 0.6 is 11.6 Å². The SMILES string of the molecule is COc1cc2ncnc(Nc3cccc(Cl)c3F)c2cc1OC1CCC(NC(=O)N(C)C)CC1. The zero-order valence-corrected chi connectivity index (χ0v) is 20.0. The number of urea groups is 1. The normalized spacial score (nSPS) is 17.8. The highest BCUT2D eigenvalue weighted by Gasteiger charge is 2.25. The summed E-state index contributed by atoms with van der Waals surface area (Å²) in [6.07, 6.45) is 4.61. The van der Waals surface area contributed by atoms with Crippen LogP contribution in [-0.4, -0.2) is 54.2 Å². The molecular formula is C24H27ClFN5O3. The molecule has 2 amide bonds. The number of carbonyl (C=O) groups excluding carboxylic acids is 1. The topological polar surface area (TPSA) is 88.6 Å². The highest BCUT2D eigenvalue weighted by Crippen LogP contribution is 2.37. The molecule has 0 aliphatic heterocycles. The van der Waals surface area contributed by atoms with Gasteiger partial charge in [0.1, 0.15) is 12.1 Å². The number of halogens is 2. The predicted octanol–water partition coefficient (Wildman–Crippen LogP) is 5.14. The largest absolute Gasteiger partial charge is 0.493 e. The third-order valence-corrected chi connectivity index (χ3v) is 6.12. The predicted molar refractivity (Wildman–Crippen MR) is 130 cm³/mol. The van der Waals surface area contributed by atoms with Crippen LogP contribution in [0.25, 0.3) is 10.9 Å². The van der Waals surface area contributed by atoms with Crippen LogP contribution in [0.2, 0.25) is 5.02 Å². The molecule has 0 spiro atoms. The van der Waals surface area contributed by atoms with Crippen molar-refractivity contribution in [3.05, 3.63) is 47.5 Å². The smallest absolute Gasteiger partial charge is 0.317 e. The maximum absolute atomic E-state index is 14.4. The van der Waals surface area contributed by atoms with E-state index in [0.717, 1.165) is 25.7 Å². The van der Waals surface area contributed by atoms with Crippen molar-refractivity contribution in [2.75, 3.05) is 26.5 Å². The van der Waals surface area contributed by atoms with E-state index in [-0.39, 0.29) is 28.9 Å². The molecule has 0 bridgehead atoms. The molecule has 0 saturated heterocycles. The van der Waals surface area contributed by atoms with Gasteiger partial charge in [-0.15, -0.1) is 0 Å². The van der Waals surface area contributed by atoms with E-state index >= 15 is 0 Å². The van der Waals surface area contributed by atoms with Crippen molar-refractivity contribution in [1.29, 1.82) is 0 Å². The van der Waals surface area contributed by atoms with Crippen molar-refractivity contribution in [3.63, 3.8) is 0 Å². The number of hydrogen-bond acceptors (Lipinski definition) is 6. The van der Waals surface area contributed by atoms with E-state index in [1.165, 1.54) is 17.3 Å². The molecule has 1 aliphatic rings. The first-order valence-electron chi connectivity index (χ1n) is 11.0. The quantitative estimate of drug-likeness (QED) is 0.500. The molecule has 3 aromatic rings. The zero-order chi connectivity index (χ0) is 24.2. The second kappa shape index (κ2) is 10.3. The molecule has 0 radical (unpaired) electrons. The molecule has 1 aliphatic carbocycles. The molecule has 10 heteroatoms. The second-order valence-corrected chi connectivity index (χ2v) is 8.81. The minimum atomic E-state index is -0.556. The maximum Gasteiger partial charge on any atom is 0.317 e. The molecule has 1 heterocycles. The number of hydrogen-bond donors (Lipinski definition) is 2. The first-order valence-corrected chi connectivity index (χ1v) is 11.4. The lowest BCUT2D eigenvalue weighted by Crippen LogP contribution is -2.44. The third kappa shape index (κ3) is 5.25. The first kappa shape index (κ1) is 23.8. The second-order valence-electron chi connectivity index (χ2n) is 8.40. The molecule has 1 saturated carbocycles. The van der Waals surface area contributed by atoms with Crippen LogP contribution in [0.3, 0.4) is 0 Å². The van der Waals surface area contributed by atoms with Crippen molar-refractivity contribution in [3.8, 4) is 11.5 Å². The fourth-order valence-electron chi connectivity index (χ4n) is 3.95. The summed E-state index contributed by atoms with van der Waals surface area (Å²) in [7, 11) is 5.02. The summed E-state index contributed by atoms with van der Waals surface area (Å²) in [5.41, 5.74) is 0.836. The molecule has 8 nitrogen and oxygen atoms in total. The van der Waals surface area contributed by atoms with Crippen LogP contribution in [0.15, 0.2) is 36.7 Å². The van der Waals surface area contributed by atoms with Gasteiger partial charge < -0.3 is 25.0 Å². The highest BCUT2D eigenvalue weighted by molar-refractivity contribution is 6.31. The van der Waals surface area contributed by atoms with E-state index < -0.39 is 5.82 Å². The maximum atomic E-state index is 14.4. The molecule has 4 rings (SSSR count). The number of ether oxygens (including phenoxy) is 2. The Morgan fingerprint density at radius 2 is 1.91 bits per heavy atom. The number of fused-ring (bicyclic) bond motifs is 1. The van der Waals surface area contributed by atoms with Crippen LogP contribution in [0.4, 0.5) is 20.7 Å². The van der Waals surface area contributed by atoms with Crippen LogP contribution in [-0.2, 0) is 0 Å². The summed E-state index contributed by atoms with van der Waals surface area (Å²) in [5.74, 6) is 0.974. The number of nitrogens with one attached hydrogen (secondary N) is 2. The molecular weight excluding hydrogens is 461 g/mol. The Labute approximate surface area is 202 Å². The number of benzene rings is 2. The average Bonchev–Trinajstić information content (AvgIpc) is 2.83. The number of aromatic nitrogens is 2. The van der Waals surface area contributed by atoms with Gasteiger partial charge in [-0.3, -0.25) is 0 Å². The van der Waals surface area contributed by atoms with Crippen molar-refractivity contribution in [2.24, 2.45) is 0 Å². The Balaban J connectivity index is 1.54. The number of anilines is 2. The van der Waals surface area contributed by atoms with E-state index in [1.807, 2.05) is 0 Å². The van der Waals surface area contributed by atoms with Crippen molar-refractivity contribution < 1.29 is 18.7 Å². The van der Waals surface area contributed by atoms with Crippen molar-refractivity contribution in [1.82, 2.24) is 20.2 Å². The monoisotopic (exact) mass is 487 g/mol. The van der Waals surface area contributed by atoms with E-state index in [0.29, 0.717) is 28.2 Å². The first-order chi connectivity index (χ1) is 16.4. The third-order valence-electron chi connectivity index (χ3n) is 5.83. The number of methoxy groups -OCH3 is 1. The Hall–Kier alpha value is -3.33. The van der Waals surface area contributed by atoms with E-state index in [9.17, 15) is 9.18 Å². The Bertz CT molecular complexity index is 1180. The molecule has 2 aromatic carbocycles. The molecule has 0 unspecified atom stereocenters. The van der Waals surface area contributed by atoms with Gasteiger partial charge in [-0.2, -0.15) is 0 Å². The minimum Gasteiger partial charge on any atom is -0.493 e. The van der Waals surface area contributed by atoms with E-state index in [4.69, 9.17) is 21.1 Å². The van der Waals surface area contributed by atoms with Gasteiger partial charge in [-0.25, -0.2) is 19.2 Å². The summed E-state index contributed by atoms with van der Waals surface area (Å²) < 4.78 is 26.3. The lowest BCUT2D eigenvalue weighted by atomic mass is 9.93. The van der Waals surface area contributed by atoms with Gasteiger partial charge in [-0.1, -0.05) is 17.7 Å². The minimum absolute atomic E-state index is 0.0198. The van der Waals surface area contributed by atoms with Crippen molar-refractivity contribution in [2.45, 2.75) is 37.8 Å². The van der Waals surface area contributed by atoms with Gasteiger partial charge in [-0.05, 0) is 43.9 Å². The zero-order valence-electron chi connectivity index (χ0n) is 19.3. The Morgan fingerprint density at radius 1 is 1.15 bits per heavy atom. The van der Waals surface area contributed by atoms with Crippen molar-refractivity contribution >= 4 is 40.0 Å². The summed E-state index contributed by atoms with van der Waals surface area (Å²) in [6, 6.07) is 8.35. The highest BCUT2D eigenvalue weighted by atomic mass is 35.5. The fraction of sp³-hybridized carbons (Fsp3) is 0.375. The van der Waals surface area contributed by atoms with Gasteiger partial charge >= 0.3 is 6.03 Å². The molecule has 1 aromatic heterocycles. The van der Waals surface area contributed by atoms with Gasteiger partial charge in [0.05, 0.1) is 29.4 Å². The lowest BCUT2D eigenvalue weighted by Gasteiger charge is -2.30. The number of carbonyl (C=O) groups is 1. The van der Waals surface area contributed by atoms with Crippen LogP contribution in [0.1, 0.15) is 25.7 Å². The summed E-state index contributed by atoms with van der Waals surface area (Å²) in [4.78, 5) is 22.1. The Morgan fingerprint density at radius 3 is 2.62 bits per heavy atom. The summed E-state index contributed by atoms with van der Waals surface area (Å²) in [5, 5.41) is 6.71. The molecule has 0 atom stereocenters. The van der Waals surface area contributed by atoms with Crippen LogP contribution in [0.5, 0.6) is 11.5 Å². The number of nitrogens with zero attached hydrogens (tertiary/aromatic N) is 3. The summed E-state index contributed by atoms with van der Waals surface area (Å²) >= 11 is 5.92. The van der Waals surface area contributed by atoms with Gasteiger partial charge in [0.2, 0.25) is 0 Å². The van der Waals surface area contributed by atoms with Crippen LogP contribution < -0.4 is 20.1 Å². The van der Waals surface area contributed by atoms with Gasteiger partial charge in [0, 0.05) is 31.6 Å². The Kier molecular flexibility index (Phi) is 7.21. The lowest BCUT2D eigenvalue weighted by molar-refractivity contribution is 0.134. The number of rotatable bonds is 6. The standard InChI is InChI=1S/C24H27ClFN5O3/c1-31(2)24(32)29-14-7-9-15(10-8-14)34-21-11-16-19(12-20(21)33-3)27-13-28-23(16)30-18-6-4-5-17(25)22(18)26/h4-6,11-15H,7-10H2,1-3H3,(H,29,32)(H,27,28,30).